The first-order valence-corrected chi connectivity index (χ1v) is 7.02. The van der Waals surface area contributed by atoms with Crippen molar-refractivity contribution >= 4 is 29.9 Å². The molecule has 0 atom stereocenters. The van der Waals surface area contributed by atoms with Gasteiger partial charge in [-0.15, -0.1) is 24.0 Å². The summed E-state index contributed by atoms with van der Waals surface area (Å²) >= 11 is 0. The molecule has 2 aromatic heterocycles. The van der Waals surface area contributed by atoms with Crippen LogP contribution in [0.15, 0.2) is 35.6 Å². The summed E-state index contributed by atoms with van der Waals surface area (Å²) in [7, 11) is 3.70. The molecular weight excluding hydrogens is 391 g/mol. The molecule has 120 valence electrons. The van der Waals surface area contributed by atoms with E-state index in [0.717, 1.165) is 30.3 Å². The number of nitrogens with one attached hydrogen (secondary N) is 2. The number of aryl methyl sites for hydroxylation is 2. The van der Waals surface area contributed by atoms with Gasteiger partial charge in [0.05, 0.1) is 12.2 Å². The molecule has 0 bridgehead atoms. The van der Waals surface area contributed by atoms with Crippen LogP contribution in [-0.2, 0) is 20.0 Å². The van der Waals surface area contributed by atoms with Crippen LogP contribution >= 0.6 is 24.0 Å². The van der Waals surface area contributed by atoms with Gasteiger partial charge in [0.1, 0.15) is 0 Å². The van der Waals surface area contributed by atoms with E-state index < -0.39 is 0 Å². The molecule has 2 N–H and O–H groups in total. The Bertz CT molecular complexity index is 590. The van der Waals surface area contributed by atoms with Crippen molar-refractivity contribution in [2.24, 2.45) is 12.0 Å². The standard InChI is InChI=1S/C15H22N6.HI/c1-12-4-5-13(10-18-12)6-8-17-15(16-2)19-11-14-7-9-20-21(14)3;/h4-5,7,9-10H,6,8,11H2,1-3H3,(H2,16,17,19);1H. The highest BCUT2D eigenvalue weighted by molar-refractivity contribution is 14.0. The van der Waals surface area contributed by atoms with E-state index in [9.17, 15) is 0 Å². The van der Waals surface area contributed by atoms with E-state index >= 15 is 0 Å². The normalized spacial score (nSPS) is 11.0. The number of aliphatic imine (C=N–C) groups is 1. The second kappa shape index (κ2) is 9.39. The average molecular weight is 414 g/mol. The molecule has 0 unspecified atom stereocenters. The van der Waals surface area contributed by atoms with Gasteiger partial charge >= 0.3 is 0 Å². The minimum atomic E-state index is 0. The molecule has 7 heteroatoms. The Labute approximate surface area is 148 Å². The van der Waals surface area contributed by atoms with Crippen LogP contribution in [0, 0.1) is 6.92 Å². The van der Waals surface area contributed by atoms with Crippen LogP contribution in [0.1, 0.15) is 17.0 Å². The molecule has 0 radical (unpaired) electrons. The summed E-state index contributed by atoms with van der Waals surface area (Å²) in [6.45, 7) is 3.50. The van der Waals surface area contributed by atoms with Crippen molar-refractivity contribution in [3.63, 3.8) is 0 Å². The Kier molecular flexibility index (Phi) is 7.86. The molecule has 2 heterocycles. The minimum absolute atomic E-state index is 0. The molecule has 0 saturated heterocycles. The van der Waals surface area contributed by atoms with Crippen molar-refractivity contribution < 1.29 is 0 Å². The van der Waals surface area contributed by atoms with Crippen LogP contribution in [0.3, 0.4) is 0 Å². The van der Waals surface area contributed by atoms with Gasteiger partial charge in [-0.2, -0.15) is 5.10 Å². The summed E-state index contributed by atoms with van der Waals surface area (Å²) in [5.41, 5.74) is 3.37. The molecule has 0 aliphatic carbocycles. The number of pyridine rings is 1. The maximum Gasteiger partial charge on any atom is 0.191 e. The zero-order chi connectivity index (χ0) is 15.1. The number of nitrogens with zero attached hydrogens (tertiary/aromatic N) is 4. The third kappa shape index (κ3) is 5.63. The van der Waals surface area contributed by atoms with Crippen LogP contribution in [0.25, 0.3) is 0 Å². The third-order valence-electron chi connectivity index (χ3n) is 3.26. The van der Waals surface area contributed by atoms with Gasteiger partial charge in [-0.3, -0.25) is 14.7 Å². The zero-order valence-electron chi connectivity index (χ0n) is 13.2. The van der Waals surface area contributed by atoms with E-state index in [1.165, 1.54) is 5.56 Å². The largest absolute Gasteiger partial charge is 0.356 e. The van der Waals surface area contributed by atoms with Crippen molar-refractivity contribution in [2.75, 3.05) is 13.6 Å². The van der Waals surface area contributed by atoms with E-state index in [2.05, 4.69) is 31.8 Å². The molecule has 0 spiro atoms. The minimum Gasteiger partial charge on any atom is -0.356 e. The Hall–Kier alpha value is -1.64. The Morgan fingerprint density at radius 2 is 2.09 bits per heavy atom. The summed E-state index contributed by atoms with van der Waals surface area (Å²) in [4.78, 5) is 8.51. The molecule has 2 rings (SSSR count). The van der Waals surface area contributed by atoms with Crippen molar-refractivity contribution in [3.8, 4) is 0 Å². The molecule has 2 aromatic rings. The topological polar surface area (TPSA) is 67.1 Å². The summed E-state index contributed by atoms with van der Waals surface area (Å²) in [5.74, 6) is 0.788. The zero-order valence-corrected chi connectivity index (χ0v) is 15.5. The Morgan fingerprint density at radius 3 is 2.68 bits per heavy atom. The molecular formula is C15H23IN6. The smallest absolute Gasteiger partial charge is 0.191 e. The van der Waals surface area contributed by atoms with E-state index in [-0.39, 0.29) is 24.0 Å². The number of aromatic nitrogens is 3. The van der Waals surface area contributed by atoms with Crippen molar-refractivity contribution in [1.29, 1.82) is 0 Å². The Balaban J connectivity index is 0.00000242. The highest BCUT2D eigenvalue weighted by atomic mass is 127. The summed E-state index contributed by atoms with van der Waals surface area (Å²) in [5, 5.41) is 10.7. The van der Waals surface area contributed by atoms with E-state index in [1.807, 2.05) is 37.0 Å². The van der Waals surface area contributed by atoms with Gasteiger partial charge in [-0.05, 0) is 31.0 Å². The number of guanidine groups is 1. The van der Waals surface area contributed by atoms with Crippen molar-refractivity contribution in [2.45, 2.75) is 19.9 Å². The Morgan fingerprint density at radius 1 is 1.27 bits per heavy atom. The number of rotatable bonds is 5. The van der Waals surface area contributed by atoms with Gasteiger partial charge < -0.3 is 10.6 Å². The van der Waals surface area contributed by atoms with Gasteiger partial charge in [-0.25, -0.2) is 0 Å². The highest BCUT2D eigenvalue weighted by Gasteiger charge is 2.01. The van der Waals surface area contributed by atoms with E-state index in [4.69, 9.17) is 0 Å². The molecule has 0 saturated carbocycles. The third-order valence-corrected chi connectivity index (χ3v) is 3.26. The molecule has 6 nitrogen and oxygen atoms in total. The highest BCUT2D eigenvalue weighted by Crippen LogP contribution is 1.99. The van der Waals surface area contributed by atoms with Gasteiger partial charge in [0.25, 0.3) is 0 Å². The quantitative estimate of drug-likeness (QED) is 0.444. The van der Waals surface area contributed by atoms with Crippen LogP contribution in [0.4, 0.5) is 0 Å². The van der Waals surface area contributed by atoms with Crippen LogP contribution in [0.5, 0.6) is 0 Å². The lowest BCUT2D eigenvalue weighted by Gasteiger charge is -2.12. The van der Waals surface area contributed by atoms with Crippen molar-refractivity contribution in [3.05, 3.63) is 47.5 Å². The maximum absolute atomic E-state index is 4.29. The van der Waals surface area contributed by atoms with Crippen LogP contribution in [0.2, 0.25) is 0 Å². The molecule has 0 aromatic carbocycles. The van der Waals surface area contributed by atoms with E-state index in [0.29, 0.717) is 6.54 Å². The lowest BCUT2D eigenvalue weighted by Crippen LogP contribution is -2.38. The molecule has 22 heavy (non-hydrogen) atoms. The van der Waals surface area contributed by atoms with Crippen LogP contribution in [-0.4, -0.2) is 34.3 Å². The SMILES string of the molecule is CN=C(NCCc1ccc(C)nc1)NCc1ccnn1C.I. The number of hydrogen-bond donors (Lipinski definition) is 2. The molecule has 0 fully saturated rings. The average Bonchev–Trinajstić information content (AvgIpc) is 2.90. The van der Waals surface area contributed by atoms with Gasteiger partial charge in [0, 0.05) is 38.7 Å². The monoisotopic (exact) mass is 414 g/mol. The first-order valence-electron chi connectivity index (χ1n) is 7.02. The van der Waals surface area contributed by atoms with Gasteiger partial charge in [0.15, 0.2) is 5.96 Å². The molecule has 0 aliphatic rings. The first-order chi connectivity index (χ1) is 10.2. The predicted molar refractivity (Wildman–Crippen MR) is 99.5 cm³/mol. The lowest BCUT2D eigenvalue weighted by molar-refractivity contribution is 0.684. The molecule has 0 amide bonds. The maximum atomic E-state index is 4.29. The fraction of sp³-hybridized carbons (Fsp3) is 0.400. The fourth-order valence-corrected chi connectivity index (χ4v) is 1.94. The lowest BCUT2D eigenvalue weighted by atomic mass is 10.2. The second-order valence-corrected chi connectivity index (χ2v) is 4.86. The molecule has 0 aliphatic heterocycles. The summed E-state index contributed by atoms with van der Waals surface area (Å²) < 4.78 is 1.85. The number of hydrogen-bond acceptors (Lipinski definition) is 3. The van der Waals surface area contributed by atoms with Crippen molar-refractivity contribution in [1.82, 2.24) is 25.4 Å². The predicted octanol–water partition coefficient (Wildman–Crippen LogP) is 1.65. The van der Waals surface area contributed by atoms with Gasteiger partial charge in [0.2, 0.25) is 0 Å². The second-order valence-electron chi connectivity index (χ2n) is 4.86. The number of halogens is 1. The van der Waals surface area contributed by atoms with Gasteiger partial charge in [-0.1, -0.05) is 6.07 Å². The summed E-state index contributed by atoms with van der Waals surface area (Å²) in [6, 6.07) is 6.12. The summed E-state index contributed by atoms with van der Waals surface area (Å²) in [6.07, 6.45) is 4.63. The first kappa shape index (κ1) is 18.4. The van der Waals surface area contributed by atoms with E-state index in [1.54, 1.807) is 13.2 Å². The van der Waals surface area contributed by atoms with Crippen LogP contribution < -0.4 is 10.6 Å². The fourth-order valence-electron chi connectivity index (χ4n) is 1.94.